The average molecular weight is 234 g/mol. The zero-order chi connectivity index (χ0) is 12.1. The Labute approximate surface area is 91.4 Å². The number of hydrogen-bond acceptors (Lipinski definition) is 4. The summed E-state index contributed by atoms with van der Waals surface area (Å²) >= 11 is 0. The minimum absolute atomic E-state index is 0.0559. The molecule has 0 amide bonds. The van der Waals surface area contributed by atoms with E-state index in [1.807, 2.05) is 0 Å². The fraction of sp³-hybridized carbons (Fsp3) is 0.889. The van der Waals surface area contributed by atoms with Crippen molar-refractivity contribution in [2.45, 2.75) is 38.5 Å². The maximum absolute atomic E-state index is 11.8. The summed E-state index contributed by atoms with van der Waals surface area (Å²) in [5.41, 5.74) is 0. The molecule has 0 aromatic heterocycles. The van der Waals surface area contributed by atoms with E-state index in [0.717, 1.165) is 0 Å². The molecule has 0 spiro atoms. The average Bonchev–Trinajstić information content (AvgIpc) is 2.16. The Balaban J connectivity index is 4.85. The molecule has 0 aliphatic carbocycles. The lowest BCUT2D eigenvalue weighted by Crippen LogP contribution is -2.42. The molecule has 0 heterocycles. The summed E-state index contributed by atoms with van der Waals surface area (Å²) in [5.74, 6) is 0. The zero-order valence-corrected chi connectivity index (χ0v) is 10.2. The highest BCUT2D eigenvalue weighted by molar-refractivity contribution is 7.90. The van der Waals surface area contributed by atoms with Crippen molar-refractivity contribution in [2.75, 3.05) is 13.2 Å². The van der Waals surface area contributed by atoms with Crippen molar-refractivity contribution in [2.24, 2.45) is 0 Å². The van der Waals surface area contributed by atoms with Crippen LogP contribution in [0.5, 0.6) is 0 Å². The third-order valence-electron chi connectivity index (χ3n) is 2.07. The van der Waals surface area contributed by atoms with Gasteiger partial charge in [0.15, 0.2) is 5.25 Å². The first-order valence-corrected chi connectivity index (χ1v) is 6.39. The Kier molecular flexibility index (Phi) is 5.80. The van der Waals surface area contributed by atoms with Gasteiger partial charge in [0.05, 0.1) is 6.07 Å². The molecule has 0 bridgehead atoms. The van der Waals surface area contributed by atoms with Crippen LogP contribution in [0, 0.1) is 11.3 Å². The topological polar surface area (TPSA) is 81.4 Å². The third-order valence-corrected chi connectivity index (χ3v) is 4.32. The Hall–Kier alpha value is -0.640. The standard InChI is InChI=1S/C9H18N2O3S/c1-8(2)11(5-4-6-12)15(13,14)9(3)7-10/h8-9,12H,4-6H2,1-3H3. The molecule has 0 fully saturated rings. The lowest BCUT2D eigenvalue weighted by Gasteiger charge is -2.26. The van der Waals surface area contributed by atoms with Crippen molar-refractivity contribution in [1.82, 2.24) is 4.31 Å². The van der Waals surface area contributed by atoms with Gasteiger partial charge in [0, 0.05) is 19.2 Å². The molecule has 5 nitrogen and oxygen atoms in total. The van der Waals surface area contributed by atoms with Crippen molar-refractivity contribution >= 4 is 10.0 Å². The fourth-order valence-electron chi connectivity index (χ4n) is 1.18. The molecule has 6 heteroatoms. The lowest BCUT2D eigenvalue weighted by molar-refractivity contribution is 0.258. The first-order chi connectivity index (χ1) is 6.87. The molecule has 0 saturated heterocycles. The van der Waals surface area contributed by atoms with Gasteiger partial charge in [-0.15, -0.1) is 0 Å². The highest BCUT2D eigenvalue weighted by Gasteiger charge is 2.30. The van der Waals surface area contributed by atoms with Crippen LogP contribution in [0.2, 0.25) is 0 Å². The summed E-state index contributed by atoms with van der Waals surface area (Å²) in [6, 6.07) is 1.53. The molecule has 1 unspecified atom stereocenters. The molecule has 1 N–H and O–H groups in total. The molecule has 1 atom stereocenters. The predicted octanol–water partition coefficient (Wildman–Crippen LogP) is 0.321. The van der Waals surface area contributed by atoms with E-state index >= 15 is 0 Å². The number of sulfonamides is 1. The Bertz CT molecular complexity index is 319. The van der Waals surface area contributed by atoms with Crippen LogP contribution in [-0.2, 0) is 10.0 Å². The van der Waals surface area contributed by atoms with E-state index in [1.165, 1.54) is 11.2 Å². The smallest absolute Gasteiger partial charge is 0.230 e. The molecule has 0 aliphatic heterocycles. The van der Waals surface area contributed by atoms with Crippen LogP contribution in [-0.4, -0.2) is 42.3 Å². The lowest BCUT2D eigenvalue weighted by atomic mass is 10.3. The van der Waals surface area contributed by atoms with Crippen LogP contribution in [0.15, 0.2) is 0 Å². The molecule has 0 saturated carbocycles. The number of aliphatic hydroxyl groups excluding tert-OH is 1. The molecular weight excluding hydrogens is 216 g/mol. The number of nitrogens with zero attached hydrogens (tertiary/aromatic N) is 2. The van der Waals surface area contributed by atoms with Gasteiger partial charge in [0.2, 0.25) is 10.0 Å². The van der Waals surface area contributed by atoms with Crippen LogP contribution in [0.3, 0.4) is 0 Å². The highest BCUT2D eigenvalue weighted by atomic mass is 32.2. The molecule has 15 heavy (non-hydrogen) atoms. The van der Waals surface area contributed by atoms with E-state index in [2.05, 4.69) is 0 Å². The summed E-state index contributed by atoms with van der Waals surface area (Å²) < 4.78 is 24.9. The molecule has 0 aliphatic rings. The second-order valence-corrected chi connectivity index (χ2v) is 5.80. The van der Waals surface area contributed by atoms with E-state index in [4.69, 9.17) is 10.4 Å². The van der Waals surface area contributed by atoms with Gasteiger partial charge in [0.25, 0.3) is 0 Å². The third kappa shape index (κ3) is 3.78. The monoisotopic (exact) mass is 234 g/mol. The van der Waals surface area contributed by atoms with Gasteiger partial charge in [0.1, 0.15) is 0 Å². The molecular formula is C9H18N2O3S. The minimum Gasteiger partial charge on any atom is -0.396 e. The SMILES string of the molecule is CC(C)N(CCCO)S(=O)(=O)C(C)C#N. The molecule has 0 rings (SSSR count). The van der Waals surface area contributed by atoms with Gasteiger partial charge < -0.3 is 5.11 Å². The molecule has 0 radical (unpaired) electrons. The maximum atomic E-state index is 11.8. The maximum Gasteiger partial charge on any atom is 0.230 e. The predicted molar refractivity (Wildman–Crippen MR) is 57.5 cm³/mol. The van der Waals surface area contributed by atoms with Crippen molar-refractivity contribution in [1.29, 1.82) is 5.26 Å². The van der Waals surface area contributed by atoms with Crippen molar-refractivity contribution in [3.8, 4) is 6.07 Å². The summed E-state index contributed by atoms with van der Waals surface area (Å²) in [6.07, 6.45) is 0.384. The van der Waals surface area contributed by atoms with E-state index in [9.17, 15) is 8.42 Å². The summed E-state index contributed by atoms with van der Waals surface area (Å²) in [4.78, 5) is 0. The number of aliphatic hydroxyl groups is 1. The normalized spacial score (nSPS) is 14.2. The van der Waals surface area contributed by atoms with Gasteiger partial charge in [-0.1, -0.05) is 0 Å². The molecule has 0 aromatic rings. The van der Waals surface area contributed by atoms with Crippen molar-refractivity contribution in [3.05, 3.63) is 0 Å². The second-order valence-electron chi connectivity index (χ2n) is 3.60. The zero-order valence-electron chi connectivity index (χ0n) is 9.34. The summed E-state index contributed by atoms with van der Waals surface area (Å²) in [7, 11) is -3.56. The Morgan fingerprint density at radius 1 is 1.40 bits per heavy atom. The van der Waals surface area contributed by atoms with Gasteiger partial charge in [-0.3, -0.25) is 0 Å². The van der Waals surface area contributed by atoms with E-state index < -0.39 is 15.3 Å². The van der Waals surface area contributed by atoms with E-state index in [0.29, 0.717) is 6.42 Å². The van der Waals surface area contributed by atoms with E-state index in [1.54, 1.807) is 19.9 Å². The number of rotatable bonds is 6. The first-order valence-electron chi connectivity index (χ1n) is 4.89. The minimum atomic E-state index is -3.56. The first kappa shape index (κ1) is 14.4. The molecule has 0 aromatic carbocycles. The van der Waals surface area contributed by atoms with Gasteiger partial charge in [-0.25, -0.2) is 8.42 Å². The fourth-order valence-corrected chi connectivity index (χ4v) is 2.69. The van der Waals surface area contributed by atoms with Crippen molar-refractivity contribution < 1.29 is 13.5 Å². The van der Waals surface area contributed by atoms with Crippen LogP contribution >= 0.6 is 0 Å². The van der Waals surface area contributed by atoms with Crippen LogP contribution in [0.4, 0.5) is 0 Å². The van der Waals surface area contributed by atoms with Crippen LogP contribution in [0.1, 0.15) is 27.2 Å². The Morgan fingerprint density at radius 2 is 1.93 bits per heavy atom. The summed E-state index contributed by atoms with van der Waals surface area (Å²) in [5, 5.41) is 16.3. The summed E-state index contributed by atoms with van der Waals surface area (Å²) in [6.45, 7) is 5.06. The Morgan fingerprint density at radius 3 is 2.27 bits per heavy atom. The van der Waals surface area contributed by atoms with Gasteiger partial charge in [-0.2, -0.15) is 9.57 Å². The van der Waals surface area contributed by atoms with Gasteiger partial charge >= 0.3 is 0 Å². The van der Waals surface area contributed by atoms with Gasteiger partial charge in [-0.05, 0) is 27.2 Å². The van der Waals surface area contributed by atoms with Crippen molar-refractivity contribution in [3.63, 3.8) is 0 Å². The van der Waals surface area contributed by atoms with Crippen LogP contribution in [0.25, 0.3) is 0 Å². The quantitative estimate of drug-likeness (QED) is 0.717. The number of hydrogen-bond donors (Lipinski definition) is 1. The molecule has 88 valence electrons. The largest absolute Gasteiger partial charge is 0.396 e. The van der Waals surface area contributed by atoms with Crippen LogP contribution < -0.4 is 0 Å². The second kappa shape index (κ2) is 6.05. The number of nitriles is 1. The van der Waals surface area contributed by atoms with E-state index in [-0.39, 0.29) is 19.2 Å². The highest BCUT2D eigenvalue weighted by Crippen LogP contribution is 2.12.